The van der Waals surface area contributed by atoms with Crippen LogP contribution >= 0.6 is 27.5 Å². The highest BCUT2D eigenvalue weighted by molar-refractivity contribution is 9.10. The van der Waals surface area contributed by atoms with E-state index in [0.29, 0.717) is 15.9 Å². The van der Waals surface area contributed by atoms with Crippen molar-refractivity contribution >= 4 is 43.5 Å². The fourth-order valence-electron chi connectivity index (χ4n) is 2.12. The van der Waals surface area contributed by atoms with Crippen LogP contribution in [0.2, 0.25) is 5.02 Å². The first-order chi connectivity index (χ1) is 9.18. The Morgan fingerprint density at radius 2 is 2.15 bits per heavy atom. The number of sulfonamides is 1. The fraction of sp³-hybridized carbons (Fsp3) is 0.417. The summed E-state index contributed by atoms with van der Waals surface area (Å²) in [6.45, 7) is 1.70. The summed E-state index contributed by atoms with van der Waals surface area (Å²) < 4.78 is 26.6. The molecule has 0 spiro atoms. The second-order valence-corrected chi connectivity index (χ2v) is 8.11. The Labute approximate surface area is 130 Å². The van der Waals surface area contributed by atoms with Crippen molar-refractivity contribution in [3.63, 3.8) is 0 Å². The third-order valence-corrected chi connectivity index (χ3v) is 7.04. The maximum absolute atomic E-state index is 12.6. The van der Waals surface area contributed by atoms with E-state index < -0.39 is 21.4 Å². The molecule has 0 saturated carbocycles. The molecule has 1 aromatic carbocycles. The molecule has 1 fully saturated rings. The van der Waals surface area contributed by atoms with Crippen molar-refractivity contribution in [2.75, 3.05) is 13.1 Å². The molecule has 1 unspecified atom stereocenters. The summed E-state index contributed by atoms with van der Waals surface area (Å²) >= 11 is 9.08. The van der Waals surface area contributed by atoms with E-state index in [1.165, 1.54) is 10.4 Å². The van der Waals surface area contributed by atoms with Gasteiger partial charge in [-0.1, -0.05) is 17.7 Å². The minimum Gasteiger partial charge on any atom is -0.481 e. The van der Waals surface area contributed by atoms with E-state index in [1.54, 1.807) is 19.1 Å². The number of benzene rings is 1. The van der Waals surface area contributed by atoms with Crippen LogP contribution in [0.25, 0.3) is 0 Å². The number of aliphatic carboxylic acids is 1. The summed E-state index contributed by atoms with van der Waals surface area (Å²) in [7, 11) is -3.76. The standard InChI is InChI=1S/C12H13BrClNO4S/c1-12(11(16)17)5-6-15(7-12)20(18,19)9-4-2-3-8(14)10(9)13/h2-4H,5-7H2,1H3,(H,16,17). The molecule has 110 valence electrons. The Morgan fingerprint density at radius 3 is 2.70 bits per heavy atom. The third kappa shape index (κ3) is 2.59. The van der Waals surface area contributed by atoms with E-state index in [0.717, 1.165) is 0 Å². The van der Waals surface area contributed by atoms with E-state index >= 15 is 0 Å². The number of carboxylic acids is 1. The molecule has 1 N–H and O–H groups in total. The summed E-state index contributed by atoms with van der Waals surface area (Å²) in [5, 5.41) is 9.47. The molecule has 1 aromatic rings. The van der Waals surface area contributed by atoms with Gasteiger partial charge in [0, 0.05) is 13.1 Å². The van der Waals surface area contributed by atoms with Crippen LogP contribution in [0.1, 0.15) is 13.3 Å². The van der Waals surface area contributed by atoms with Crippen LogP contribution in [0.4, 0.5) is 0 Å². The predicted octanol–water partition coefficient (Wildman–Crippen LogP) is 2.59. The number of hydrogen-bond acceptors (Lipinski definition) is 3. The molecule has 8 heteroatoms. The van der Waals surface area contributed by atoms with Crippen molar-refractivity contribution in [1.29, 1.82) is 0 Å². The zero-order chi connectivity index (χ0) is 15.1. The van der Waals surface area contributed by atoms with Gasteiger partial charge in [0.2, 0.25) is 10.0 Å². The van der Waals surface area contributed by atoms with E-state index in [1.807, 2.05) is 0 Å². The zero-order valence-electron chi connectivity index (χ0n) is 10.6. The van der Waals surface area contributed by atoms with Crippen molar-refractivity contribution < 1.29 is 18.3 Å². The SMILES string of the molecule is CC1(C(=O)O)CCN(S(=O)(=O)c2cccc(Cl)c2Br)C1. The second-order valence-electron chi connectivity index (χ2n) is 5.01. The molecular formula is C12H13BrClNO4S. The molecule has 1 heterocycles. The minimum atomic E-state index is -3.76. The van der Waals surface area contributed by atoms with Gasteiger partial charge in [0.1, 0.15) is 0 Å². The van der Waals surface area contributed by atoms with Gasteiger partial charge in [0.15, 0.2) is 0 Å². The quantitative estimate of drug-likeness (QED) is 0.872. The summed E-state index contributed by atoms with van der Waals surface area (Å²) in [5.41, 5.74) is -1.04. The van der Waals surface area contributed by atoms with Gasteiger partial charge in [-0.3, -0.25) is 4.79 Å². The number of nitrogens with zero attached hydrogens (tertiary/aromatic N) is 1. The number of hydrogen-bond donors (Lipinski definition) is 1. The monoisotopic (exact) mass is 381 g/mol. The molecule has 0 amide bonds. The largest absolute Gasteiger partial charge is 0.481 e. The highest BCUT2D eigenvalue weighted by atomic mass is 79.9. The lowest BCUT2D eigenvalue weighted by Gasteiger charge is -2.20. The van der Waals surface area contributed by atoms with Crippen molar-refractivity contribution in [1.82, 2.24) is 4.31 Å². The van der Waals surface area contributed by atoms with Crippen LogP contribution in [0, 0.1) is 5.41 Å². The van der Waals surface area contributed by atoms with Gasteiger partial charge >= 0.3 is 5.97 Å². The lowest BCUT2D eigenvalue weighted by Crippen LogP contribution is -2.35. The number of carboxylic acid groups (broad SMARTS) is 1. The van der Waals surface area contributed by atoms with E-state index in [-0.39, 0.29) is 18.0 Å². The summed E-state index contributed by atoms with van der Waals surface area (Å²) in [4.78, 5) is 11.3. The molecule has 1 aliphatic rings. The number of halogens is 2. The summed E-state index contributed by atoms with van der Waals surface area (Å²) in [6, 6.07) is 4.57. The van der Waals surface area contributed by atoms with Gasteiger partial charge in [0.05, 0.1) is 19.8 Å². The van der Waals surface area contributed by atoms with Gasteiger partial charge in [0.25, 0.3) is 0 Å². The predicted molar refractivity (Wildman–Crippen MR) is 78.3 cm³/mol. The number of carbonyl (C=O) groups is 1. The first-order valence-electron chi connectivity index (χ1n) is 5.86. The van der Waals surface area contributed by atoms with E-state index in [9.17, 15) is 18.3 Å². The normalized spacial score (nSPS) is 23.9. The average Bonchev–Trinajstić information content (AvgIpc) is 2.77. The molecule has 0 bridgehead atoms. The minimum absolute atomic E-state index is 0.0381. The molecule has 0 aromatic heterocycles. The van der Waals surface area contributed by atoms with E-state index in [2.05, 4.69) is 15.9 Å². The molecule has 0 aliphatic carbocycles. The zero-order valence-corrected chi connectivity index (χ0v) is 13.8. The Bertz CT molecular complexity index is 663. The molecule has 20 heavy (non-hydrogen) atoms. The molecule has 1 aliphatic heterocycles. The van der Waals surface area contributed by atoms with Gasteiger partial charge in [-0.25, -0.2) is 8.42 Å². The summed E-state index contributed by atoms with van der Waals surface area (Å²) in [5.74, 6) is -0.986. The van der Waals surface area contributed by atoms with Gasteiger partial charge < -0.3 is 5.11 Å². The molecule has 5 nitrogen and oxygen atoms in total. The van der Waals surface area contributed by atoms with Crippen LogP contribution in [-0.4, -0.2) is 36.9 Å². The highest BCUT2D eigenvalue weighted by Crippen LogP contribution is 2.37. The second kappa shape index (κ2) is 5.29. The van der Waals surface area contributed by atoms with Crippen LogP contribution < -0.4 is 0 Å². The lowest BCUT2D eigenvalue weighted by atomic mass is 9.90. The maximum Gasteiger partial charge on any atom is 0.310 e. The molecule has 0 radical (unpaired) electrons. The van der Waals surface area contributed by atoms with Crippen LogP contribution in [-0.2, 0) is 14.8 Å². The first kappa shape index (κ1) is 15.8. The first-order valence-corrected chi connectivity index (χ1v) is 8.47. The van der Waals surface area contributed by atoms with Crippen molar-refractivity contribution in [2.45, 2.75) is 18.2 Å². The van der Waals surface area contributed by atoms with Crippen LogP contribution in [0.5, 0.6) is 0 Å². The smallest absolute Gasteiger partial charge is 0.310 e. The van der Waals surface area contributed by atoms with Crippen LogP contribution in [0.3, 0.4) is 0 Å². The Kier molecular flexibility index (Phi) is 4.17. The van der Waals surface area contributed by atoms with Gasteiger partial charge in [-0.05, 0) is 41.4 Å². The van der Waals surface area contributed by atoms with Crippen molar-refractivity contribution in [2.24, 2.45) is 5.41 Å². The third-order valence-electron chi connectivity index (χ3n) is 3.49. The number of rotatable bonds is 3. The van der Waals surface area contributed by atoms with Gasteiger partial charge in [-0.15, -0.1) is 0 Å². The maximum atomic E-state index is 12.6. The Hall–Kier alpha value is -0.630. The fourth-order valence-corrected chi connectivity index (χ4v) is 4.88. The highest BCUT2D eigenvalue weighted by Gasteiger charge is 2.45. The van der Waals surface area contributed by atoms with Crippen molar-refractivity contribution in [3.8, 4) is 0 Å². The Balaban J connectivity index is 2.38. The van der Waals surface area contributed by atoms with Crippen molar-refractivity contribution in [3.05, 3.63) is 27.7 Å². The van der Waals surface area contributed by atoms with Gasteiger partial charge in [-0.2, -0.15) is 4.31 Å². The average molecular weight is 383 g/mol. The molecule has 2 rings (SSSR count). The Morgan fingerprint density at radius 1 is 1.50 bits per heavy atom. The lowest BCUT2D eigenvalue weighted by molar-refractivity contribution is -0.146. The van der Waals surface area contributed by atoms with Crippen LogP contribution in [0.15, 0.2) is 27.6 Å². The topological polar surface area (TPSA) is 74.7 Å². The summed E-state index contributed by atoms with van der Waals surface area (Å²) in [6.07, 6.45) is 0.291. The van der Waals surface area contributed by atoms with E-state index in [4.69, 9.17) is 11.6 Å². The molecule has 1 saturated heterocycles. The molecular weight excluding hydrogens is 370 g/mol. The molecule has 1 atom stereocenters.